The third-order valence-corrected chi connectivity index (χ3v) is 4.53. The maximum absolute atomic E-state index is 6.03. The average molecular weight is 295 g/mol. The molecule has 1 fully saturated rings. The Kier molecular flexibility index (Phi) is 3.81. The summed E-state index contributed by atoms with van der Waals surface area (Å²) in [4.78, 5) is 6.83. The SMILES string of the molecule is ClCC1CCN(c2ccnc3cc(Cl)ccc23)CC1. The number of rotatable bonds is 2. The first-order valence-electron chi connectivity index (χ1n) is 6.63. The van der Waals surface area contributed by atoms with Crippen molar-refractivity contribution >= 4 is 39.8 Å². The van der Waals surface area contributed by atoms with Crippen LogP contribution in [0.5, 0.6) is 0 Å². The van der Waals surface area contributed by atoms with Crippen LogP contribution in [0.15, 0.2) is 30.5 Å². The second kappa shape index (κ2) is 5.56. The smallest absolute Gasteiger partial charge is 0.0737 e. The van der Waals surface area contributed by atoms with Crippen LogP contribution >= 0.6 is 23.2 Å². The molecule has 1 aromatic heterocycles. The predicted molar refractivity (Wildman–Crippen MR) is 82.4 cm³/mol. The highest BCUT2D eigenvalue weighted by Gasteiger charge is 2.19. The lowest BCUT2D eigenvalue weighted by molar-refractivity contribution is 0.443. The van der Waals surface area contributed by atoms with Gasteiger partial charge in [-0.3, -0.25) is 4.98 Å². The molecule has 1 aliphatic heterocycles. The van der Waals surface area contributed by atoms with Gasteiger partial charge in [0, 0.05) is 41.3 Å². The standard InChI is InChI=1S/C15H16Cl2N2/c16-10-11-4-7-19(8-5-11)15-3-6-18-14-9-12(17)1-2-13(14)15/h1-3,6,9,11H,4-5,7-8,10H2. The zero-order valence-electron chi connectivity index (χ0n) is 10.6. The average Bonchev–Trinajstić information content (AvgIpc) is 2.46. The van der Waals surface area contributed by atoms with Crippen LogP contribution in [-0.4, -0.2) is 24.0 Å². The molecule has 1 saturated heterocycles. The Hall–Kier alpha value is -0.990. The summed E-state index contributed by atoms with van der Waals surface area (Å²) in [5.74, 6) is 1.45. The van der Waals surface area contributed by atoms with E-state index in [1.807, 2.05) is 18.3 Å². The molecular formula is C15H16Cl2N2. The van der Waals surface area contributed by atoms with Crippen molar-refractivity contribution < 1.29 is 0 Å². The van der Waals surface area contributed by atoms with E-state index in [4.69, 9.17) is 23.2 Å². The fraction of sp³-hybridized carbons (Fsp3) is 0.400. The highest BCUT2D eigenvalue weighted by Crippen LogP contribution is 2.30. The lowest BCUT2D eigenvalue weighted by Gasteiger charge is -2.33. The summed E-state index contributed by atoms with van der Waals surface area (Å²) in [5, 5.41) is 1.91. The Morgan fingerprint density at radius 2 is 2.00 bits per heavy atom. The van der Waals surface area contributed by atoms with E-state index in [2.05, 4.69) is 22.0 Å². The topological polar surface area (TPSA) is 16.1 Å². The fourth-order valence-electron chi connectivity index (χ4n) is 2.71. The minimum Gasteiger partial charge on any atom is -0.371 e. The molecule has 2 heterocycles. The Bertz CT molecular complexity index is 577. The van der Waals surface area contributed by atoms with Crippen LogP contribution in [-0.2, 0) is 0 Å². The molecule has 0 atom stereocenters. The number of piperidine rings is 1. The number of fused-ring (bicyclic) bond motifs is 1. The summed E-state index contributed by atoms with van der Waals surface area (Å²) in [6, 6.07) is 8.01. The van der Waals surface area contributed by atoms with Gasteiger partial charge < -0.3 is 4.90 Å². The van der Waals surface area contributed by atoms with Gasteiger partial charge in [0.1, 0.15) is 0 Å². The van der Waals surface area contributed by atoms with Crippen molar-refractivity contribution in [3.63, 3.8) is 0 Å². The minimum absolute atomic E-state index is 0.667. The van der Waals surface area contributed by atoms with E-state index in [0.717, 1.165) is 29.5 Å². The number of hydrogen-bond acceptors (Lipinski definition) is 2. The van der Waals surface area contributed by atoms with Crippen LogP contribution in [0.2, 0.25) is 5.02 Å². The summed E-state index contributed by atoms with van der Waals surface area (Å²) in [6.07, 6.45) is 4.20. The minimum atomic E-state index is 0.667. The van der Waals surface area contributed by atoms with Gasteiger partial charge >= 0.3 is 0 Å². The molecule has 1 aromatic carbocycles. The van der Waals surface area contributed by atoms with Gasteiger partial charge in [0.05, 0.1) is 5.52 Å². The molecule has 0 unspecified atom stereocenters. The monoisotopic (exact) mass is 294 g/mol. The molecule has 0 aliphatic carbocycles. The van der Waals surface area contributed by atoms with Gasteiger partial charge in [-0.1, -0.05) is 11.6 Å². The van der Waals surface area contributed by atoms with Gasteiger partial charge in [0.25, 0.3) is 0 Å². The Labute approximate surface area is 123 Å². The van der Waals surface area contributed by atoms with Crippen molar-refractivity contribution in [3.05, 3.63) is 35.5 Å². The molecule has 0 radical (unpaired) electrons. The first kappa shape index (κ1) is 13.0. The molecule has 0 N–H and O–H groups in total. The van der Waals surface area contributed by atoms with Crippen LogP contribution in [0.3, 0.4) is 0 Å². The van der Waals surface area contributed by atoms with Crippen molar-refractivity contribution in [2.45, 2.75) is 12.8 Å². The third-order valence-electron chi connectivity index (χ3n) is 3.86. The van der Waals surface area contributed by atoms with Crippen LogP contribution < -0.4 is 4.90 Å². The second-order valence-electron chi connectivity index (χ2n) is 5.08. The molecule has 0 amide bonds. The number of aromatic nitrogens is 1. The summed E-state index contributed by atoms with van der Waals surface area (Å²) in [5.41, 5.74) is 2.22. The molecule has 4 heteroatoms. The number of nitrogens with zero attached hydrogens (tertiary/aromatic N) is 2. The fourth-order valence-corrected chi connectivity index (χ4v) is 3.19. The van der Waals surface area contributed by atoms with E-state index in [1.54, 1.807) is 0 Å². The van der Waals surface area contributed by atoms with Crippen molar-refractivity contribution in [1.82, 2.24) is 4.98 Å². The largest absolute Gasteiger partial charge is 0.371 e. The summed E-state index contributed by atoms with van der Waals surface area (Å²) in [6.45, 7) is 2.14. The molecular weight excluding hydrogens is 279 g/mol. The lowest BCUT2D eigenvalue weighted by atomic mass is 9.98. The number of benzene rings is 1. The number of alkyl halides is 1. The Morgan fingerprint density at radius 3 is 2.74 bits per heavy atom. The van der Waals surface area contributed by atoms with Crippen molar-refractivity contribution in [2.24, 2.45) is 5.92 Å². The third kappa shape index (κ3) is 2.65. The normalized spacial score (nSPS) is 17.1. The van der Waals surface area contributed by atoms with Crippen LogP contribution in [0.1, 0.15) is 12.8 Å². The van der Waals surface area contributed by atoms with E-state index in [1.165, 1.54) is 23.9 Å². The Morgan fingerprint density at radius 1 is 1.21 bits per heavy atom. The van der Waals surface area contributed by atoms with E-state index in [-0.39, 0.29) is 0 Å². The van der Waals surface area contributed by atoms with E-state index >= 15 is 0 Å². The van der Waals surface area contributed by atoms with Gasteiger partial charge in [-0.2, -0.15) is 0 Å². The molecule has 19 heavy (non-hydrogen) atoms. The molecule has 2 nitrogen and oxygen atoms in total. The van der Waals surface area contributed by atoms with Crippen molar-refractivity contribution in [2.75, 3.05) is 23.9 Å². The van der Waals surface area contributed by atoms with Gasteiger partial charge in [-0.05, 0) is 43.0 Å². The van der Waals surface area contributed by atoms with Crippen LogP contribution in [0.4, 0.5) is 5.69 Å². The quantitative estimate of drug-likeness (QED) is 0.766. The number of anilines is 1. The molecule has 0 saturated carbocycles. The zero-order chi connectivity index (χ0) is 13.2. The number of halogens is 2. The van der Waals surface area contributed by atoms with E-state index in [0.29, 0.717) is 5.92 Å². The molecule has 1 aliphatic rings. The first-order chi connectivity index (χ1) is 9.28. The summed E-state index contributed by atoms with van der Waals surface area (Å²) < 4.78 is 0. The molecule has 0 bridgehead atoms. The molecule has 0 spiro atoms. The Balaban J connectivity index is 1.93. The molecule has 100 valence electrons. The lowest BCUT2D eigenvalue weighted by Crippen LogP contribution is -2.34. The van der Waals surface area contributed by atoms with Gasteiger partial charge in [0.2, 0.25) is 0 Å². The number of hydrogen-bond donors (Lipinski definition) is 0. The first-order valence-corrected chi connectivity index (χ1v) is 7.54. The zero-order valence-corrected chi connectivity index (χ0v) is 12.2. The molecule has 2 aromatic rings. The van der Waals surface area contributed by atoms with Crippen molar-refractivity contribution in [3.8, 4) is 0 Å². The van der Waals surface area contributed by atoms with Gasteiger partial charge in [0.15, 0.2) is 0 Å². The highest BCUT2D eigenvalue weighted by atomic mass is 35.5. The summed E-state index contributed by atoms with van der Waals surface area (Å²) in [7, 11) is 0. The van der Waals surface area contributed by atoms with E-state index < -0.39 is 0 Å². The van der Waals surface area contributed by atoms with Crippen LogP contribution in [0, 0.1) is 5.92 Å². The van der Waals surface area contributed by atoms with Gasteiger partial charge in [-0.25, -0.2) is 0 Å². The highest BCUT2D eigenvalue weighted by molar-refractivity contribution is 6.31. The predicted octanol–water partition coefficient (Wildman–Crippen LogP) is 4.34. The second-order valence-corrected chi connectivity index (χ2v) is 5.82. The molecule has 3 rings (SSSR count). The maximum atomic E-state index is 6.03. The number of pyridine rings is 1. The van der Waals surface area contributed by atoms with Crippen LogP contribution in [0.25, 0.3) is 10.9 Å². The maximum Gasteiger partial charge on any atom is 0.0737 e. The summed E-state index contributed by atoms with van der Waals surface area (Å²) >= 11 is 12.0. The van der Waals surface area contributed by atoms with E-state index in [9.17, 15) is 0 Å². The van der Waals surface area contributed by atoms with Gasteiger partial charge in [-0.15, -0.1) is 11.6 Å². The van der Waals surface area contributed by atoms with Crippen molar-refractivity contribution in [1.29, 1.82) is 0 Å².